The van der Waals surface area contributed by atoms with Crippen LogP contribution in [0.1, 0.15) is 25.0 Å². The average Bonchev–Trinajstić information content (AvgIpc) is 2.12. The first-order valence-corrected chi connectivity index (χ1v) is 4.37. The number of nitriles is 1. The normalized spacial score (nSPS) is 15.9. The van der Waals surface area contributed by atoms with Crippen molar-refractivity contribution < 1.29 is 0 Å². The monoisotopic (exact) mass is 174 g/mol. The van der Waals surface area contributed by atoms with Gasteiger partial charge in [0, 0.05) is 12.1 Å². The highest BCUT2D eigenvalue weighted by molar-refractivity contribution is 5.39. The lowest BCUT2D eigenvalue weighted by molar-refractivity contribution is 0.444. The van der Waals surface area contributed by atoms with Gasteiger partial charge in [0.1, 0.15) is 23.9 Å². The van der Waals surface area contributed by atoms with Crippen molar-refractivity contribution >= 4 is 5.82 Å². The van der Waals surface area contributed by atoms with Crippen molar-refractivity contribution in [1.82, 2.24) is 9.97 Å². The number of nitrogens with one attached hydrogen (secondary N) is 1. The first-order chi connectivity index (χ1) is 6.38. The Morgan fingerprint density at radius 1 is 1.46 bits per heavy atom. The Labute approximate surface area is 76.6 Å². The minimum Gasteiger partial charge on any atom is -0.367 e. The molecule has 1 aliphatic rings. The first kappa shape index (κ1) is 7.99. The molecule has 1 saturated carbocycles. The molecule has 0 atom stereocenters. The zero-order valence-electron chi connectivity index (χ0n) is 7.20. The molecule has 1 aliphatic carbocycles. The van der Waals surface area contributed by atoms with E-state index in [0.717, 1.165) is 5.82 Å². The average molecular weight is 174 g/mol. The third kappa shape index (κ3) is 1.75. The molecule has 2 rings (SSSR count). The summed E-state index contributed by atoms with van der Waals surface area (Å²) in [5.41, 5.74) is 0.414. The summed E-state index contributed by atoms with van der Waals surface area (Å²) in [6.45, 7) is 0. The van der Waals surface area contributed by atoms with Crippen molar-refractivity contribution in [2.24, 2.45) is 0 Å². The fourth-order valence-electron chi connectivity index (χ4n) is 1.26. The number of aromatic nitrogens is 2. The topological polar surface area (TPSA) is 61.6 Å². The number of hydrogen-bond acceptors (Lipinski definition) is 4. The molecule has 0 unspecified atom stereocenters. The maximum absolute atomic E-state index is 8.60. The van der Waals surface area contributed by atoms with Crippen molar-refractivity contribution in [3.05, 3.63) is 18.1 Å². The number of anilines is 1. The van der Waals surface area contributed by atoms with E-state index in [0.29, 0.717) is 11.7 Å². The number of rotatable bonds is 2. The number of hydrogen-bond donors (Lipinski definition) is 1. The highest BCUT2D eigenvalue weighted by Crippen LogP contribution is 2.21. The van der Waals surface area contributed by atoms with Gasteiger partial charge in [-0.2, -0.15) is 5.26 Å². The zero-order valence-corrected chi connectivity index (χ0v) is 7.20. The van der Waals surface area contributed by atoms with Crippen LogP contribution < -0.4 is 5.32 Å². The summed E-state index contributed by atoms with van der Waals surface area (Å²) in [5.74, 6) is 0.760. The molecule has 0 aliphatic heterocycles. The van der Waals surface area contributed by atoms with Gasteiger partial charge in [0.05, 0.1) is 0 Å². The predicted molar refractivity (Wildman–Crippen MR) is 48.0 cm³/mol. The smallest absolute Gasteiger partial charge is 0.145 e. The summed E-state index contributed by atoms with van der Waals surface area (Å²) in [6, 6.07) is 4.21. The Hall–Kier alpha value is -1.63. The van der Waals surface area contributed by atoms with Crippen LogP contribution in [-0.4, -0.2) is 16.0 Å². The van der Waals surface area contributed by atoms with Crippen molar-refractivity contribution in [2.75, 3.05) is 5.32 Å². The molecule has 4 heteroatoms. The molecule has 1 aromatic rings. The van der Waals surface area contributed by atoms with Crippen molar-refractivity contribution in [3.8, 4) is 6.07 Å². The van der Waals surface area contributed by atoms with Crippen LogP contribution in [0.2, 0.25) is 0 Å². The van der Waals surface area contributed by atoms with Gasteiger partial charge in [-0.15, -0.1) is 0 Å². The Kier molecular flexibility index (Phi) is 2.09. The van der Waals surface area contributed by atoms with Crippen LogP contribution in [0.5, 0.6) is 0 Å². The van der Waals surface area contributed by atoms with Crippen LogP contribution in [0.3, 0.4) is 0 Å². The minimum absolute atomic E-state index is 0.414. The van der Waals surface area contributed by atoms with Gasteiger partial charge in [0.15, 0.2) is 0 Å². The fourth-order valence-corrected chi connectivity index (χ4v) is 1.26. The second-order valence-electron chi connectivity index (χ2n) is 3.17. The summed E-state index contributed by atoms with van der Waals surface area (Å²) in [4.78, 5) is 7.83. The van der Waals surface area contributed by atoms with Gasteiger partial charge in [0.25, 0.3) is 0 Å². The standard InChI is InChI=1S/C9H10N4/c10-5-8-4-9(12-6-11-8)13-7-2-1-3-7/h4,6-7H,1-3H2,(H,11,12,13). The summed E-state index contributed by atoms with van der Waals surface area (Å²) in [5, 5.41) is 11.9. The quantitative estimate of drug-likeness (QED) is 0.734. The van der Waals surface area contributed by atoms with Gasteiger partial charge in [-0.3, -0.25) is 0 Å². The molecule has 4 nitrogen and oxygen atoms in total. The van der Waals surface area contributed by atoms with Crippen molar-refractivity contribution in [1.29, 1.82) is 5.26 Å². The van der Waals surface area contributed by atoms with E-state index in [1.807, 2.05) is 6.07 Å². The molecule has 1 aromatic heterocycles. The molecule has 13 heavy (non-hydrogen) atoms. The highest BCUT2D eigenvalue weighted by Gasteiger charge is 2.17. The molecule has 1 N–H and O–H groups in total. The van der Waals surface area contributed by atoms with Crippen LogP contribution >= 0.6 is 0 Å². The minimum atomic E-state index is 0.414. The van der Waals surface area contributed by atoms with E-state index in [9.17, 15) is 0 Å². The molecular weight excluding hydrogens is 164 g/mol. The van der Waals surface area contributed by atoms with E-state index >= 15 is 0 Å². The Morgan fingerprint density at radius 2 is 2.31 bits per heavy atom. The third-order valence-electron chi connectivity index (χ3n) is 2.24. The number of nitrogens with zero attached hydrogens (tertiary/aromatic N) is 3. The second-order valence-corrected chi connectivity index (χ2v) is 3.17. The maximum Gasteiger partial charge on any atom is 0.145 e. The summed E-state index contributed by atoms with van der Waals surface area (Å²) in [6.07, 6.45) is 5.10. The van der Waals surface area contributed by atoms with Crippen LogP contribution in [0.25, 0.3) is 0 Å². The molecule has 0 aromatic carbocycles. The third-order valence-corrected chi connectivity index (χ3v) is 2.24. The lowest BCUT2D eigenvalue weighted by atomic mass is 9.93. The first-order valence-electron chi connectivity index (χ1n) is 4.37. The summed E-state index contributed by atoms with van der Waals surface area (Å²) < 4.78 is 0. The fraction of sp³-hybridized carbons (Fsp3) is 0.444. The van der Waals surface area contributed by atoms with E-state index in [1.165, 1.54) is 25.6 Å². The van der Waals surface area contributed by atoms with Crippen LogP contribution in [-0.2, 0) is 0 Å². The van der Waals surface area contributed by atoms with E-state index in [-0.39, 0.29) is 0 Å². The Bertz CT molecular complexity index is 338. The maximum atomic E-state index is 8.60. The molecule has 0 amide bonds. The van der Waals surface area contributed by atoms with Crippen molar-refractivity contribution in [3.63, 3.8) is 0 Å². The predicted octanol–water partition coefficient (Wildman–Crippen LogP) is 1.31. The zero-order chi connectivity index (χ0) is 9.10. The molecular formula is C9H10N4. The van der Waals surface area contributed by atoms with Crippen molar-refractivity contribution in [2.45, 2.75) is 25.3 Å². The van der Waals surface area contributed by atoms with Gasteiger partial charge in [-0.25, -0.2) is 9.97 Å². The van der Waals surface area contributed by atoms with Gasteiger partial charge < -0.3 is 5.32 Å². The van der Waals surface area contributed by atoms with E-state index in [1.54, 1.807) is 6.07 Å². The largest absolute Gasteiger partial charge is 0.367 e. The molecule has 0 radical (unpaired) electrons. The van der Waals surface area contributed by atoms with Gasteiger partial charge in [-0.05, 0) is 19.3 Å². The molecule has 0 bridgehead atoms. The van der Waals surface area contributed by atoms with Crippen LogP contribution in [0, 0.1) is 11.3 Å². The molecule has 1 heterocycles. The summed E-state index contributed by atoms with van der Waals surface area (Å²) in [7, 11) is 0. The van der Waals surface area contributed by atoms with E-state index in [2.05, 4.69) is 15.3 Å². The van der Waals surface area contributed by atoms with Gasteiger partial charge in [0.2, 0.25) is 0 Å². The SMILES string of the molecule is N#Cc1cc(NC2CCC2)ncn1. The van der Waals surface area contributed by atoms with Crippen LogP contribution in [0.4, 0.5) is 5.82 Å². The second kappa shape index (κ2) is 3.40. The lowest BCUT2D eigenvalue weighted by Crippen LogP contribution is -2.27. The molecule has 1 fully saturated rings. The van der Waals surface area contributed by atoms with E-state index in [4.69, 9.17) is 5.26 Å². The Balaban J connectivity index is 2.07. The van der Waals surface area contributed by atoms with Gasteiger partial charge in [-0.1, -0.05) is 0 Å². The van der Waals surface area contributed by atoms with Gasteiger partial charge >= 0.3 is 0 Å². The van der Waals surface area contributed by atoms with E-state index < -0.39 is 0 Å². The Morgan fingerprint density at radius 3 is 2.92 bits per heavy atom. The highest BCUT2D eigenvalue weighted by atomic mass is 15.0. The molecule has 66 valence electrons. The lowest BCUT2D eigenvalue weighted by Gasteiger charge is -2.26. The molecule has 0 spiro atoms. The molecule has 0 saturated heterocycles. The van der Waals surface area contributed by atoms with Crippen LogP contribution in [0.15, 0.2) is 12.4 Å². The summed E-state index contributed by atoms with van der Waals surface area (Å²) >= 11 is 0.